The third-order valence-corrected chi connectivity index (χ3v) is 4.52. The maximum absolute atomic E-state index is 9.11. The van der Waals surface area contributed by atoms with E-state index in [-0.39, 0.29) is 0 Å². The highest BCUT2D eigenvalue weighted by Crippen LogP contribution is 2.35. The Morgan fingerprint density at radius 1 is 1.24 bits per heavy atom. The number of ether oxygens (including phenoxy) is 1. The molecule has 0 aromatic rings. The van der Waals surface area contributed by atoms with Gasteiger partial charge in [0.1, 0.15) is 5.54 Å². The van der Waals surface area contributed by atoms with Crippen LogP contribution < -0.4 is 5.73 Å². The minimum absolute atomic E-state index is 0.344. The Morgan fingerprint density at radius 2 is 2.00 bits per heavy atom. The van der Waals surface area contributed by atoms with E-state index in [1.807, 2.05) is 0 Å². The second-order valence-corrected chi connectivity index (χ2v) is 5.76. The average Bonchev–Trinajstić information content (AvgIpc) is 2.95. The van der Waals surface area contributed by atoms with E-state index in [9.17, 15) is 0 Å². The second kappa shape index (κ2) is 5.84. The number of hydrogen-bond acceptors (Lipinski definition) is 3. The summed E-state index contributed by atoms with van der Waals surface area (Å²) < 4.78 is 5.75. The monoisotopic (exact) mass is 236 g/mol. The molecule has 3 heteroatoms. The van der Waals surface area contributed by atoms with Crippen LogP contribution in [0.15, 0.2) is 0 Å². The molecule has 2 atom stereocenters. The maximum Gasteiger partial charge on any atom is 0.107 e. The van der Waals surface area contributed by atoms with Crippen LogP contribution in [-0.2, 0) is 4.74 Å². The predicted molar refractivity (Wildman–Crippen MR) is 67.3 cm³/mol. The van der Waals surface area contributed by atoms with E-state index < -0.39 is 5.54 Å². The summed E-state index contributed by atoms with van der Waals surface area (Å²) in [6.45, 7) is 1.69. The van der Waals surface area contributed by atoms with Gasteiger partial charge in [0.2, 0.25) is 0 Å². The summed E-state index contributed by atoms with van der Waals surface area (Å²) in [6.07, 6.45) is 9.42. The van der Waals surface area contributed by atoms with Crippen LogP contribution in [0, 0.1) is 23.2 Å². The Labute approximate surface area is 104 Å². The Bertz CT molecular complexity index is 280. The fraction of sp³-hybridized carbons (Fsp3) is 0.929. The number of nitrogens with zero attached hydrogens (tertiary/aromatic N) is 1. The lowest BCUT2D eigenvalue weighted by atomic mass is 9.87. The molecule has 17 heavy (non-hydrogen) atoms. The largest absolute Gasteiger partial charge is 0.381 e. The van der Waals surface area contributed by atoms with Gasteiger partial charge in [-0.3, -0.25) is 0 Å². The van der Waals surface area contributed by atoms with Crippen molar-refractivity contribution in [1.29, 1.82) is 5.26 Å². The van der Waals surface area contributed by atoms with Gasteiger partial charge in [-0.2, -0.15) is 5.26 Å². The van der Waals surface area contributed by atoms with Crippen molar-refractivity contribution in [2.75, 3.05) is 13.2 Å². The van der Waals surface area contributed by atoms with Crippen molar-refractivity contribution in [2.24, 2.45) is 17.6 Å². The minimum Gasteiger partial charge on any atom is -0.381 e. The molecule has 0 bridgehead atoms. The Morgan fingerprint density at radius 3 is 2.71 bits per heavy atom. The fourth-order valence-electron chi connectivity index (χ4n) is 3.30. The molecule has 0 radical (unpaired) electrons. The molecule has 0 aromatic heterocycles. The summed E-state index contributed by atoms with van der Waals surface area (Å²) in [6, 6.07) is 2.29. The lowest BCUT2D eigenvalue weighted by molar-refractivity contribution is 0.0865. The number of rotatable bonds is 5. The van der Waals surface area contributed by atoms with Gasteiger partial charge in [0, 0.05) is 13.2 Å². The third kappa shape index (κ3) is 3.20. The lowest BCUT2D eigenvalue weighted by Gasteiger charge is -2.23. The molecule has 2 aliphatic carbocycles. The third-order valence-electron chi connectivity index (χ3n) is 4.52. The molecule has 0 amide bonds. The first-order chi connectivity index (χ1) is 8.24. The number of nitriles is 1. The van der Waals surface area contributed by atoms with E-state index in [1.54, 1.807) is 0 Å². The smallest absolute Gasteiger partial charge is 0.107 e. The van der Waals surface area contributed by atoms with Crippen LogP contribution in [0.25, 0.3) is 0 Å². The highest BCUT2D eigenvalue weighted by molar-refractivity contribution is 5.11. The summed E-state index contributed by atoms with van der Waals surface area (Å²) in [4.78, 5) is 0. The van der Waals surface area contributed by atoms with Crippen LogP contribution in [-0.4, -0.2) is 18.8 Å². The van der Waals surface area contributed by atoms with Gasteiger partial charge in [0.25, 0.3) is 0 Å². The normalized spacial score (nSPS) is 34.0. The van der Waals surface area contributed by atoms with Gasteiger partial charge in [-0.1, -0.05) is 19.3 Å². The van der Waals surface area contributed by atoms with Crippen molar-refractivity contribution in [3.63, 3.8) is 0 Å². The number of hydrogen-bond donors (Lipinski definition) is 1. The zero-order chi connectivity index (χ0) is 12.1. The zero-order valence-corrected chi connectivity index (χ0v) is 10.7. The summed E-state index contributed by atoms with van der Waals surface area (Å²) in [5.74, 6) is 1.13. The summed E-state index contributed by atoms with van der Waals surface area (Å²) in [5, 5.41) is 9.11. The van der Waals surface area contributed by atoms with Gasteiger partial charge < -0.3 is 10.5 Å². The highest BCUT2D eigenvalue weighted by atomic mass is 16.5. The van der Waals surface area contributed by atoms with Gasteiger partial charge in [-0.25, -0.2) is 0 Å². The molecule has 0 saturated heterocycles. The van der Waals surface area contributed by atoms with E-state index in [4.69, 9.17) is 15.7 Å². The Kier molecular flexibility index (Phi) is 4.42. The van der Waals surface area contributed by atoms with Crippen LogP contribution in [0.5, 0.6) is 0 Å². The van der Waals surface area contributed by atoms with Crippen LogP contribution in [0.3, 0.4) is 0 Å². The molecule has 0 spiro atoms. The van der Waals surface area contributed by atoms with Gasteiger partial charge in [-0.15, -0.1) is 0 Å². The van der Waals surface area contributed by atoms with Crippen LogP contribution in [0.4, 0.5) is 0 Å². The predicted octanol–water partition coefficient (Wildman–Crippen LogP) is 2.60. The average molecular weight is 236 g/mol. The molecule has 2 aliphatic rings. The van der Waals surface area contributed by atoms with Crippen LogP contribution in [0.2, 0.25) is 0 Å². The molecule has 2 saturated carbocycles. The van der Waals surface area contributed by atoms with Crippen LogP contribution in [0.1, 0.15) is 51.4 Å². The van der Waals surface area contributed by atoms with Gasteiger partial charge in [0.15, 0.2) is 0 Å². The molecular weight excluding hydrogens is 212 g/mol. The van der Waals surface area contributed by atoms with Crippen LogP contribution >= 0.6 is 0 Å². The Hall–Kier alpha value is -0.590. The SMILES string of the molecule is N#CC1(N)CCCC1CCOCC1CCCC1. The van der Waals surface area contributed by atoms with Crippen molar-refractivity contribution in [2.45, 2.75) is 56.9 Å². The first kappa shape index (κ1) is 12.9. The molecule has 2 rings (SSSR count). The van der Waals surface area contributed by atoms with Gasteiger partial charge in [-0.05, 0) is 43.9 Å². The van der Waals surface area contributed by atoms with E-state index in [0.29, 0.717) is 5.92 Å². The minimum atomic E-state index is -0.573. The fourth-order valence-corrected chi connectivity index (χ4v) is 3.30. The molecule has 2 unspecified atom stereocenters. The quantitative estimate of drug-likeness (QED) is 0.746. The molecule has 96 valence electrons. The topological polar surface area (TPSA) is 59.0 Å². The van der Waals surface area contributed by atoms with Gasteiger partial charge in [0.05, 0.1) is 6.07 Å². The first-order valence-electron chi connectivity index (χ1n) is 7.02. The second-order valence-electron chi connectivity index (χ2n) is 5.76. The summed E-state index contributed by atoms with van der Waals surface area (Å²) in [5.41, 5.74) is 5.52. The molecule has 3 nitrogen and oxygen atoms in total. The van der Waals surface area contributed by atoms with Crippen molar-refractivity contribution >= 4 is 0 Å². The van der Waals surface area contributed by atoms with Crippen molar-refractivity contribution < 1.29 is 4.74 Å². The van der Waals surface area contributed by atoms with Crippen molar-refractivity contribution in [1.82, 2.24) is 0 Å². The van der Waals surface area contributed by atoms with E-state index in [1.165, 1.54) is 25.7 Å². The van der Waals surface area contributed by atoms with E-state index >= 15 is 0 Å². The summed E-state index contributed by atoms with van der Waals surface area (Å²) >= 11 is 0. The first-order valence-corrected chi connectivity index (χ1v) is 7.02. The molecule has 2 N–H and O–H groups in total. The van der Waals surface area contributed by atoms with E-state index in [2.05, 4.69) is 6.07 Å². The zero-order valence-electron chi connectivity index (χ0n) is 10.7. The number of nitrogens with two attached hydrogens (primary N) is 1. The van der Waals surface area contributed by atoms with E-state index in [0.717, 1.165) is 44.8 Å². The molecule has 0 aromatic carbocycles. The van der Waals surface area contributed by atoms with Crippen molar-refractivity contribution in [3.8, 4) is 6.07 Å². The standard InChI is InChI=1S/C14H24N2O/c15-11-14(16)8-3-6-13(14)7-9-17-10-12-4-1-2-5-12/h12-13H,1-10,16H2. The molecule has 0 heterocycles. The Balaban J connectivity index is 1.63. The molecule has 2 fully saturated rings. The summed E-state index contributed by atoms with van der Waals surface area (Å²) in [7, 11) is 0. The highest BCUT2D eigenvalue weighted by Gasteiger charge is 2.39. The van der Waals surface area contributed by atoms with Gasteiger partial charge >= 0.3 is 0 Å². The van der Waals surface area contributed by atoms with Crippen molar-refractivity contribution in [3.05, 3.63) is 0 Å². The molecular formula is C14H24N2O. The lowest BCUT2D eigenvalue weighted by Crippen LogP contribution is -2.42. The maximum atomic E-state index is 9.11. The molecule has 0 aliphatic heterocycles.